The number of aryl methyl sites for hydroxylation is 1. The molecule has 9 heteroatoms. The summed E-state index contributed by atoms with van der Waals surface area (Å²) in [6.45, 7) is 8.22. The van der Waals surface area contributed by atoms with Crippen LogP contribution < -0.4 is 4.90 Å². The van der Waals surface area contributed by atoms with Crippen LogP contribution in [0.3, 0.4) is 0 Å². The number of piperazine rings is 1. The van der Waals surface area contributed by atoms with Crippen molar-refractivity contribution < 1.29 is 8.42 Å². The zero-order valence-electron chi connectivity index (χ0n) is 15.6. The van der Waals surface area contributed by atoms with Crippen molar-refractivity contribution in [2.45, 2.75) is 33.6 Å². The molecule has 2 aromatic heterocycles. The molecule has 1 saturated heterocycles. The van der Waals surface area contributed by atoms with E-state index >= 15 is 0 Å². The van der Waals surface area contributed by atoms with Gasteiger partial charge in [0, 0.05) is 37.9 Å². The summed E-state index contributed by atoms with van der Waals surface area (Å²) in [4.78, 5) is 15.1. The molecule has 1 fully saturated rings. The summed E-state index contributed by atoms with van der Waals surface area (Å²) in [5.41, 5.74) is 2.01. The third-order valence-corrected chi connectivity index (χ3v) is 6.81. The molecule has 26 heavy (non-hydrogen) atoms. The quantitative estimate of drug-likeness (QED) is 0.758. The van der Waals surface area contributed by atoms with Crippen LogP contribution in [0.1, 0.15) is 31.2 Å². The lowest BCUT2D eigenvalue weighted by molar-refractivity contribution is 0.383. The first-order chi connectivity index (χ1) is 12.4. The first-order valence-electron chi connectivity index (χ1n) is 8.98. The molecule has 0 unspecified atom stereocenters. The fraction of sp³-hybridized carbons (Fsp3) is 0.588. The minimum Gasteiger partial charge on any atom is -0.354 e. The number of rotatable bonds is 6. The number of hydrogen-bond acceptors (Lipinski definition) is 6. The highest BCUT2D eigenvalue weighted by atomic mass is 32.2. The van der Waals surface area contributed by atoms with Crippen molar-refractivity contribution >= 4 is 15.8 Å². The maximum atomic E-state index is 12.3. The Morgan fingerprint density at radius 2 is 1.73 bits per heavy atom. The number of nitrogens with zero attached hydrogens (tertiary/aromatic N) is 6. The molecule has 0 atom stereocenters. The van der Waals surface area contributed by atoms with Crippen LogP contribution in [-0.2, 0) is 10.0 Å². The monoisotopic (exact) mass is 378 g/mol. The van der Waals surface area contributed by atoms with Gasteiger partial charge < -0.3 is 4.90 Å². The molecule has 8 nitrogen and oxygen atoms in total. The van der Waals surface area contributed by atoms with Gasteiger partial charge in [0.15, 0.2) is 0 Å². The van der Waals surface area contributed by atoms with Gasteiger partial charge in [0.25, 0.3) is 0 Å². The lowest BCUT2D eigenvalue weighted by atomic mass is 10.3. The highest BCUT2D eigenvalue weighted by Crippen LogP contribution is 2.19. The minimum absolute atomic E-state index is 0.237. The lowest BCUT2D eigenvalue weighted by Crippen LogP contribution is -2.49. The summed E-state index contributed by atoms with van der Waals surface area (Å²) in [5.74, 6) is 1.82. The topological polar surface area (TPSA) is 84.2 Å². The zero-order chi connectivity index (χ0) is 18.7. The van der Waals surface area contributed by atoms with Crippen LogP contribution in [0.15, 0.2) is 18.7 Å². The molecule has 3 heterocycles. The second-order valence-corrected chi connectivity index (χ2v) is 8.66. The summed E-state index contributed by atoms with van der Waals surface area (Å²) in [7, 11) is -3.14. The van der Waals surface area contributed by atoms with E-state index in [-0.39, 0.29) is 5.75 Å². The van der Waals surface area contributed by atoms with Gasteiger partial charge in [-0.2, -0.15) is 4.31 Å². The molecule has 0 bridgehead atoms. The summed E-state index contributed by atoms with van der Waals surface area (Å²) in [6, 6.07) is 1.93. The average Bonchev–Trinajstić information content (AvgIpc) is 2.99. The van der Waals surface area contributed by atoms with Crippen LogP contribution in [0.25, 0.3) is 5.82 Å². The fourth-order valence-electron chi connectivity index (χ4n) is 3.02. The predicted molar refractivity (Wildman–Crippen MR) is 101 cm³/mol. The van der Waals surface area contributed by atoms with Gasteiger partial charge in [-0.3, -0.25) is 4.57 Å². The summed E-state index contributed by atoms with van der Waals surface area (Å²) in [6.07, 6.45) is 4.90. The van der Waals surface area contributed by atoms with E-state index in [9.17, 15) is 8.42 Å². The maximum absolute atomic E-state index is 12.3. The Labute approximate surface area is 154 Å². The number of anilines is 1. The van der Waals surface area contributed by atoms with Gasteiger partial charge in [-0.15, -0.1) is 0 Å². The molecular formula is C17H26N6O2S. The van der Waals surface area contributed by atoms with E-state index in [0.717, 1.165) is 29.4 Å². The first kappa shape index (κ1) is 18.8. The molecule has 0 aliphatic carbocycles. The number of imidazole rings is 1. The van der Waals surface area contributed by atoms with Gasteiger partial charge in [-0.25, -0.2) is 23.4 Å². The predicted octanol–water partition coefficient (Wildman–Crippen LogP) is 1.53. The Balaban J connectivity index is 1.70. The molecule has 0 spiro atoms. The van der Waals surface area contributed by atoms with E-state index < -0.39 is 10.0 Å². The highest BCUT2D eigenvalue weighted by Gasteiger charge is 2.27. The number of aromatic nitrogens is 4. The maximum Gasteiger partial charge on any atom is 0.214 e. The summed E-state index contributed by atoms with van der Waals surface area (Å²) >= 11 is 0. The molecule has 0 amide bonds. The largest absolute Gasteiger partial charge is 0.354 e. The molecule has 1 aliphatic heterocycles. The summed E-state index contributed by atoms with van der Waals surface area (Å²) < 4.78 is 28.2. The SMILES string of the molecule is CCCCS(=O)(=O)N1CCN(c2cc(-n3cnc(C)c3C)ncn2)CC1. The van der Waals surface area contributed by atoms with Gasteiger partial charge in [0.1, 0.15) is 24.3 Å². The van der Waals surface area contributed by atoms with Crippen molar-refractivity contribution in [3.8, 4) is 5.82 Å². The van der Waals surface area contributed by atoms with Crippen molar-refractivity contribution in [2.24, 2.45) is 0 Å². The van der Waals surface area contributed by atoms with E-state index in [4.69, 9.17) is 0 Å². The number of sulfonamides is 1. The van der Waals surface area contributed by atoms with E-state index in [0.29, 0.717) is 32.6 Å². The van der Waals surface area contributed by atoms with Gasteiger partial charge >= 0.3 is 0 Å². The third-order valence-electron chi connectivity index (χ3n) is 4.85. The van der Waals surface area contributed by atoms with Crippen LogP contribution in [-0.4, -0.2) is 64.2 Å². The van der Waals surface area contributed by atoms with Crippen molar-refractivity contribution in [2.75, 3.05) is 36.8 Å². The molecule has 0 saturated carbocycles. The molecule has 0 aromatic carbocycles. The van der Waals surface area contributed by atoms with Gasteiger partial charge in [0.05, 0.1) is 11.4 Å². The van der Waals surface area contributed by atoms with Crippen LogP contribution in [0.2, 0.25) is 0 Å². The highest BCUT2D eigenvalue weighted by molar-refractivity contribution is 7.89. The Kier molecular flexibility index (Phi) is 5.57. The molecule has 2 aromatic rings. The molecule has 0 N–H and O–H groups in total. The van der Waals surface area contributed by atoms with Crippen LogP contribution in [0.4, 0.5) is 5.82 Å². The zero-order valence-corrected chi connectivity index (χ0v) is 16.4. The van der Waals surface area contributed by atoms with E-state index in [1.165, 1.54) is 0 Å². The smallest absolute Gasteiger partial charge is 0.214 e. The van der Waals surface area contributed by atoms with Crippen molar-refractivity contribution in [1.29, 1.82) is 0 Å². The molecule has 142 valence electrons. The second kappa shape index (κ2) is 7.71. The van der Waals surface area contributed by atoms with E-state index in [2.05, 4.69) is 19.9 Å². The standard InChI is InChI=1S/C17H26N6O2S/c1-4-5-10-26(24,25)22-8-6-21(7-9-22)16-11-17(19-12-18-16)23-13-20-14(2)15(23)3/h11-13H,4-10H2,1-3H3. The van der Waals surface area contributed by atoms with Crippen molar-refractivity contribution in [1.82, 2.24) is 23.8 Å². The Morgan fingerprint density at radius 3 is 2.35 bits per heavy atom. The van der Waals surface area contributed by atoms with Gasteiger partial charge in [-0.05, 0) is 20.3 Å². The normalized spacial score (nSPS) is 16.2. The van der Waals surface area contributed by atoms with Crippen molar-refractivity contribution in [3.05, 3.63) is 30.1 Å². The molecule has 0 radical (unpaired) electrons. The average molecular weight is 379 g/mol. The Bertz CT molecular complexity index is 856. The Morgan fingerprint density at radius 1 is 1.04 bits per heavy atom. The number of hydrogen-bond donors (Lipinski definition) is 0. The molecule has 1 aliphatic rings. The fourth-order valence-corrected chi connectivity index (χ4v) is 4.65. The van der Waals surface area contributed by atoms with Crippen LogP contribution in [0.5, 0.6) is 0 Å². The lowest BCUT2D eigenvalue weighted by Gasteiger charge is -2.34. The van der Waals surface area contributed by atoms with Gasteiger partial charge in [0.2, 0.25) is 10.0 Å². The van der Waals surface area contributed by atoms with Crippen LogP contribution >= 0.6 is 0 Å². The van der Waals surface area contributed by atoms with E-state index in [1.54, 1.807) is 17.0 Å². The number of unbranched alkanes of at least 4 members (excludes halogenated alkanes) is 1. The van der Waals surface area contributed by atoms with Crippen LogP contribution in [0, 0.1) is 13.8 Å². The first-order valence-corrected chi connectivity index (χ1v) is 10.6. The second-order valence-electron chi connectivity index (χ2n) is 6.58. The Hall–Kier alpha value is -2.00. The summed E-state index contributed by atoms with van der Waals surface area (Å²) in [5, 5.41) is 0. The van der Waals surface area contributed by atoms with Gasteiger partial charge in [-0.1, -0.05) is 13.3 Å². The van der Waals surface area contributed by atoms with Crippen molar-refractivity contribution in [3.63, 3.8) is 0 Å². The third kappa shape index (κ3) is 3.88. The molecule has 3 rings (SSSR count). The molecular weight excluding hydrogens is 352 g/mol. The van der Waals surface area contributed by atoms with E-state index in [1.807, 2.05) is 31.4 Å². The minimum atomic E-state index is -3.14.